The summed E-state index contributed by atoms with van der Waals surface area (Å²) in [6, 6.07) is 7.13. The van der Waals surface area contributed by atoms with Crippen molar-refractivity contribution in [3.05, 3.63) is 53.6 Å². The quantitative estimate of drug-likeness (QED) is 0.932. The van der Waals surface area contributed by atoms with Gasteiger partial charge in [-0.05, 0) is 24.6 Å². The fourth-order valence-electron chi connectivity index (χ4n) is 2.77. The minimum Gasteiger partial charge on any atom is -0.312 e. The number of aromatic nitrogens is 2. The van der Waals surface area contributed by atoms with Crippen LogP contribution in [-0.2, 0) is 13.1 Å². The molecule has 1 aliphatic heterocycles. The maximum Gasteiger partial charge on any atom is 0.123 e. The van der Waals surface area contributed by atoms with Gasteiger partial charge in [-0.1, -0.05) is 12.1 Å². The molecule has 1 fully saturated rings. The van der Waals surface area contributed by atoms with E-state index in [1.165, 1.54) is 17.7 Å². The Labute approximate surface area is 124 Å². The summed E-state index contributed by atoms with van der Waals surface area (Å²) in [4.78, 5) is 2.44. The number of piperazine rings is 1. The van der Waals surface area contributed by atoms with Gasteiger partial charge in [0.1, 0.15) is 5.82 Å². The molecule has 0 amide bonds. The molecule has 112 valence electrons. The van der Waals surface area contributed by atoms with Crippen molar-refractivity contribution in [1.29, 1.82) is 0 Å². The fraction of sp³-hybridized carbons (Fsp3) is 0.438. The highest BCUT2D eigenvalue weighted by molar-refractivity contribution is 5.16. The second kappa shape index (κ2) is 6.37. The number of nitrogens with zero attached hydrogens (tertiary/aromatic N) is 3. The lowest BCUT2D eigenvalue weighted by atomic mass is 10.2. The number of rotatable bonds is 4. The third-order valence-electron chi connectivity index (χ3n) is 3.80. The largest absolute Gasteiger partial charge is 0.312 e. The molecule has 1 aliphatic rings. The van der Waals surface area contributed by atoms with Crippen molar-refractivity contribution in [3.8, 4) is 0 Å². The van der Waals surface area contributed by atoms with Crippen LogP contribution in [0.5, 0.6) is 0 Å². The number of hydrogen-bond acceptors (Lipinski definition) is 3. The second-order valence-electron chi connectivity index (χ2n) is 5.76. The summed E-state index contributed by atoms with van der Waals surface area (Å²) >= 11 is 0. The highest BCUT2D eigenvalue weighted by atomic mass is 19.1. The van der Waals surface area contributed by atoms with Gasteiger partial charge >= 0.3 is 0 Å². The molecule has 0 unspecified atom stereocenters. The summed E-state index contributed by atoms with van der Waals surface area (Å²) < 4.78 is 14.8. The van der Waals surface area contributed by atoms with Crippen LogP contribution in [-0.4, -0.2) is 40.4 Å². The Kier molecular flexibility index (Phi) is 4.31. The number of nitrogens with one attached hydrogen (secondary N) is 1. The zero-order valence-corrected chi connectivity index (χ0v) is 12.3. The minimum absolute atomic E-state index is 0.201. The average molecular weight is 288 g/mol. The van der Waals surface area contributed by atoms with E-state index in [0.717, 1.165) is 31.7 Å². The van der Waals surface area contributed by atoms with Crippen molar-refractivity contribution in [1.82, 2.24) is 20.0 Å². The van der Waals surface area contributed by atoms with E-state index < -0.39 is 0 Å². The van der Waals surface area contributed by atoms with Gasteiger partial charge in [-0.25, -0.2) is 4.39 Å². The van der Waals surface area contributed by atoms with Crippen molar-refractivity contribution in [3.63, 3.8) is 0 Å². The van der Waals surface area contributed by atoms with Crippen molar-refractivity contribution >= 4 is 0 Å². The molecule has 4 nitrogen and oxygen atoms in total. The topological polar surface area (TPSA) is 33.1 Å². The maximum atomic E-state index is 12.9. The molecular formula is C16H21FN4. The van der Waals surface area contributed by atoms with E-state index in [4.69, 9.17) is 0 Å². The Morgan fingerprint density at radius 3 is 2.81 bits per heavy atom. The van der Waals surface area contributed by atoms with Crippen LogP contribution >= 0.6 is 0 Å². The zero-order chi connectivity index (χ0) is 14.7. The van der Waals surface area contributed by atoms with Crippen LogP contribution in [0.4, 0.5) is 4.39 Å². The van der Waals surface area contributed by atoms with Gasteiger partial charge in [0, 0.05) is 44.0 Å². The van der Waals surface area contributed by atoms with Gasteiger partial charge < -0.3 is 5.32 Å². The van der Waals surface area contributed by atoms with Crippen LogP contribution < -0.4 is 5.32 Å². The van der Waals surface area contributed by atoms with Gasteiger partial charge in [0.25, 0.3) is 0 Å². The summed E-state index contributed by atoms with van der Waals surface area (Å²) in [5.74, 6) is -0.201. The lowest BCUT2D eigenvalue weighted by molar-refractivity contribution is 0.199. The van der Waals surface area contributed by atoms with Crippen LogP contribution in [0.15, 0.2) is 36.7 Å². The highest BCUT2D eigenvalue weighted by Crippen LogP contribution is 2.09. The van der Waals surface area contributed by atoms with E-state index in [-0.39, 0.29) is 5.82 Å². The van der Waals surface area contributed by atoms with Gasteiger partial charge in [0.05, 0.1) is 12.7 Å². The van der Waals surface area contributed by atoms with E-state index in [0.29, 0.717) is 12.6 Å². The highest BCUT2D eigenvalue weighted by Gasteiger charge is 2.16. The Morgan fingerprint density at radius 1 is 1.24 bits per heavy atom. The smallest absolute Gasteiger partial charge is 0.123 e. The van der Waals surface area contributed by atoms with Crippen molar-refractivity contribution in [2.45, 2.75) is 26.1 Å². The average Bonchev–Trinajstić information content (AvgIpc) is 2.89. The van der Waals surface area contributed by atoms with Gasteiger partial charge in [-0.2, -0.15) is 5.10 Å². The molecule has 0 spiro atoms. The fourth-order valence-corrected chi connectivity index (χ4v) is 2.77. The van der Waals surface area contributed by atoms with E-state index in [1.54, 1.807) is 12.1 Å². The molecule has 1 aromatic heterocycles. The Hall–Kier alpha value is -1.72. The molecule has 5 heteroatoms. The summed E-state index contributed by atoms with van der Waals surface area (Å²) in [6.45, 7) is 7.03. The third kappa shape index (κ3) is 3.89. The molecular weight excluding hydrogens is 267 g/mol. The molecule has 0 aliphatic carbocycles. The van der Waals surface area contributed by atoms with E-state index >= 15 is 0 Å². The third-order valence-corrected chi connectivity index (χ3v) is 3.80. The molecule has 1 saturated heterocycles. The first-order chi connectivity index (χ1) is 10.2. The monoisotopic (exact) mass is 288 g/mol. The summed E-state index contributed by atoms with van der Waals surface area (Å²) in [6.07, 6.45) is 4.01. The van der Waals surface area contributed by atoms with Crippen molar-refractivity contribution in [2.75, 3.05) is 19.6 Å². The second-order valence-corrected chi connectivity index (χ2v) is 5.76. The van der Waals surface area contributed by atoms with Crippen LogP contribution in [0.25, 0.3) is 0 Å². The van der Waals surface area contributed by atoms with E-state index in [1.807, 2.05) is 10.9 Å². The van der Waals surface area contributed by atoms with Gasteiger partial charge in [-0.3, -0.25) is 9.58 Å². The molecule has 21 heavy (non-hydrogen) atoms. The van der Waals surface area contributed by atoms with E-state index in [2.05, 4.69) is 28.4 Å². The molecule has 3 rings (SSSR count). The van der Waals surface area contributed by atoms with Crippen molar-refractivity contribution < 1.29 is 4.39 Å². The van der Waals surface area contributed by atoms with Crippen LogP contribution in [0, 0.1) is 5.82 Å². The summed E-state index contributed by atoms with van der Waals surface area (Å²) in [5.41, 5.74) is 2.29. The molecule has 1 atom stereocenters. The molecule has 1 N–H and O–H groups in total. The lowest BCUT2D eigenvalue weighted by Gasteiger charge is -2.31. The first-order valence-corrected chi connectivity index (χ1v) is 7.40. The molecule has 0 bridgehead atoms. The Balaban J connectivity index is 1.59. The molecule has 0 saturated carbocycles. The summed E-state index contributed by atoms with van der Waals surface area (Å²) in [7, 11) is 0. The molecule has 2 aromatic rings. The Bertz CT molecular complexity index is 578. The number of benzene rings is 1. The first kappa shape index (κ1) is 14.2. The van der Waals surface area contributed by atoms with Crippen LogP contribution in [0.1, 0.15) is 18.1 Å². The van der Waals surface area contributed by atoms with E-state index in [9.17, 15) is 4.39 Å². The van der Waals surface area contributed by atoms with Crippen LogP contribution in [0.3, 0.4) is 0 Å². The van der Waals surface area contributed by atoms with Crippen molar-refractivity contribution in [2.24, 2.45) is 0 Å². The molecule has 0 radical (unpaired) electrons. The predicted molar refractivity (Wildman–Crippen MR) is 80.5 cm³/mol. The zero-order valence-electron chi connectivity index (χ0n) is 12.3. The lowest BCUT2D eigenvalue weighted by Crippen LogP contribution is -2.48. The molecule has 2 heterocycles. The number of hydrogen-bond donors (Lipinski definition) is 1. The van der Waals surface area contributed by atoms with Gasteiger partial charge in [0.2, 0.25) is 0 Å². The van der Waals surface area contributed by atoms with Crippen LogP contribution in [0.2, 0.25) is 0 Å². The SMILES string of the molecule is C[C@H]1CN(Cc2cnn(Cc3ccc(F)cc3)c2)CCN1. The normalized spacial score (nSPS) is 19.8. The van der Waals surface area contributed by atoms with Gasteiger partial charge in [-0.15, -0.1) is 0 Å². The van der Waals surface area contributed by atoms with Gasteiger partial charge in [0.15, 0.2) is 0 Å². The predicted octanol–water partition coefficient (Wildman–Crippen LogP) is 1.86. The molecule has 1 aromatic carbocycles. The first-order valence-electron chi connectivity index (χ1n) is 7.40. The standard InChI is InChI=1S/C16H21FN4/c1-13-9-20(7-6-18-13)10-15-8-19-21(12-15)11-14-2-4-16(17)5-3-14/h2-5,8,12-13,18H,6-7,9-11H2,1H3/t13-/m0/s1. The maximum absolute atomic E-state index is 12.9. The minimum atomic E-state index is -0.201. The Morgan fingerprint density at radius 2 is 2.05 bits per heavy atom. The summed E-state index contributed by atoms with van der Waals surface area (Å²) in [5, 5.41) is 7.85. The number of halogens is 1.